The molecule has 1 heterocycles. The summed E-state index contributed by atoms with van der Waals surface area (Å²) in [4.78, 5) is 0.175. The van der Waals surface area contributed by atoms with Crippen molar-refractivity contribution in [1.29, 1.82) is 0 Å². The summed E-state index contributed by atoms with van der Waals surface area (Å²) in [6.07, 6.45) is 5.18. The van der Waals surface area contributed by atoms with Crippen molar-refractivity contribution in [2.75, 3.05) is 18.6 Å². The number of rotatable bonds is 9. The molecule has 0 spiro atoms. The molecular weight excluding hydrogens is 364 g/mol. The summed E-state index contributed by atoms with van der Waals surface area (Å²) in [6, 6.07) is 2.14. The SMILES string of the molecule is CSCCCNS(=O)(=O)c1cc(CNC2CC2)oc1Br. The van der Waals surface area contributed by atoms with Gasteiger partial charge in [-0.05, 0) is 47.2 Å². The van der Waals surface area contributed by atoms with Gasteiger partial charge in [-0.1, -0.05) is 0 Å². The van der Waals surface area contributed by atoms with Crippen molar-refractivity contribution in [1.82, 2.24) is 10.0 Å². The molecule has 0 unspecified atom stereocenters. The van der Waals surface area contributed by atoms with E-state index < -0.39 is 10.0 Å². The predicted molar refractivity (Wildman–Crippen MR) is 84.5 cm³/mol. The van der Waals surface area contributed by atoms with Gasteiger partial charge in [-0.15, -0.1) is 0 Å². The van der Waals surface area contributed by atoms with Crippen LogP contribution < -0.4 is 10.0 Å². The predicted octanol–water partition coefficient (Wildman–Crippen LogP) is 2.33. The number of nitrogens with one attached hydrogen (secondary N) is 2. The van der Waals surface area contributed by atoms with Gasteiger partial charge >= 0.3 is 0 Å². The Morgan fingerprint density at radius 3 is 2.90 bits per heavy atom. The molecule has 2 N–H and O–H groups in total. The molecular formula is C12H19BrN2O3S2. The number of thioether (sulfide) groups is 1. The minimum atomic E-state index is -3.50. The molecule has 0 radical (unpaired) electrons. The molecule has 1 aromatic rings. The summed E-state index contributed by atoms with van der Waals surface area (Å²) in [5.41, 5.74) is 0. The maximum Gasteiger partial charge on any atom is 0.244 e. The molecule has 114 valence electrons. The van der Waals surface area contributed by atoms with E-state index >= 15 is 0 Å². The lowest BCUT2D eigenvalue weighted by Gasteiger charge is -2.04. The lowest BCUT2D eigenvalue weighted by molar-refractivity contribution is 0.460. The van der Waals surface area contributed by atoms with Crippen LogP contribution in [0.2, 0.25) is 0 Å². The zero-order valence-electron chi connectivity index (χ0n) is 11.3. The summed E-state index contributed by atoms with van der Waals surface area (Å²) in [5.74, 6) is 1.57. The Kier molecular flexibility index (Phi) is 5.97. The normalized spacial score (nSPS) is 15.7. The lowest BCUT2D eigenvalue weighted by atomic mass is 10.4. The third-order valence-electron chi connectivity index (χ3n) is 2.96. The minimum absolute atomic E-state index is 0.175. The molecule has 0 aliphatic heterocycles. The summed E-state index contributed by atoms with van der Waals surface area (Å²) in [6.45, 7) is 1.00. The first-order valence-corrected chi connectivity index (χ1v) is 10.2. The van der Waals surface area contributed by atoms with Crippen molar-refractivity contribution in [3.8, 4) is 0 Å². The molecule has 1 aliphatic carbocycles. The summed E-state index contributed by atoms with van der Waals surface area (Å²) >= 11 is 4.88. The third-order valence-corrected chi connectivity index (χ3v) is 5.97. The van der Waals surface area contributed by atoms with Crippen molar-refractivity contribution in [3.63, 3.8) is 0 Å². The van der Waals surface area contributed by atoms with Crippen molar-refractivity contribution in [2.45, 2.75) is 36.7 Å². The Morgan fingerprint density at radius 2 is 2.25 bits per heavy atom. The van der Waals surface area contributed by atoms with Gasteiger partial charge in [0.05, 0.1) is 6.54 Å². The van der Waals surface area contributed by atoms with Crippen molar-refractivity contribution >= 4 is 37.7 Å². The lowest BCUT2D eigenvalue weighted by Crippen LogP contribution is -2.25. The molecule has 8 heteroatoms. The van der Waals surface area contributed by atoms with Crippen molar-refractivity contribution in [3.05, 3.63) is 16.5 Å². The van der Waals surface area contributed by atoms with Crippen LogP contribution in [-0.2, 0) is 16.6 Å². The molecule has 0 saturated heterocycles. The minimum Gasteiger partial charge on any atom is -0.452 e. The van der Waals surface area contributed by atoms with E-state index in [4.69, 9.17) is 4.42 Å². The second-order valence-electron chi connectivity index (χ2n) is 4.75. The fourth-order valence-electron chi connectivity index (χ4n) is 1.70. The van der Waals surface area contributed by atoms with Crippen LogP contribution in [0.1, 0.15) is 25.0 Å². The molecule has 1 saturated carbocycles. The molecule has 5 nitrogen and oxygen atoms in total. The molecule has 0 atom stereocenters. The third kappa shape index (κ3) is 4.77. The van der Waals surface area contributed by atoms with E-state index in [1.54, 1.807) is 17.8 Å². The van der Waals surface area contributed by atoms with E-state index in [0.717, 1.165) is 12.2 Å². The van der Waals surface area contributed by atoms with Crippen LogP contribution in [0.15, 0.2) is 20.0 Å². The first kappa shape index (κ1) is 16.4. The van der Waals surface area contributed by atoms with Gasteiger partial charge in [-0.2, -0.15) is 11.8 Å². The van der Waals surface area contributed by atoms with E-state index in [1.807, 2.05) is 6.26 Å². The van der Waals surface area contributed by atoms with Crippen LogP contribution in [0, 0.1) is 0 Å². The van der Waals surface area contributed by atoms with Crippen LogP contribution in [0.4, 0.5) is 0 Å². The fraction of sp³-hybridized carbons (Fsp3) is 0.667. The van der Waals surface area contributed by atoms with E-state index in [-0.39, 0.29) is 9.56 Å². The van der Waals surface area contributed by atoms with Gasteiger partial charge < -0.3 is 9.73 Å². The first-order chi connectivity index (χ1) is 9.53. The molecule has 0 amide bonds. The maximum atomic E-state index is 12.2. The van der Waals surface area contributed by atoms with Gasteiger partial charge in [0.2, 0.25) is 10.0 Å². The Labute approximate surface area is 132 Å². The zero-order chi connectivity index (χ0) is 14.6. The highest BCUT2D eigenvalue weighted by atomic mass is 79.9. The van der Waals surface area contributed by atoms with E-state index in [1.165, 1.54) is 12.8 Å². The molecule has 1 aromatic heterocycles. The van der Waals surface area contributed by atoms with Gasteiger partial charge in [0.15, 0.2) is 4.67 Å². The number of furan rings is 1. The highest BCUT2D eigenvalue weighted by Crippen LogP contribution is 2.27. The van der Waals surface area contributed by atoms with E-state index in [2.05, 4.69) is 26.0 Å². The highest BCUT2D eigenvalue weighted by Gasteiger charge is 2.24. The van der Waals surface area contributed by atoms with E-state index in [9.17, 15) is 8.42 Å². The second kappa shape index (κ2) is 7.31. The Bertz CT molecular complexity index is 541. The number of sulfonamides is 1. The Balaban J connectivity index is 1.94. The number of hydrogen-bond donors (Lipinski definition) is 2. The standard InChI is InChI=1S/C12H19BrN2O3S2/c1-19-6-2-5-15-20(16,17)11-7-10(18-12(11)13)8-14-9-3-4-9/h7,9,14-15H,2-6,8H2,1H3. The first-order valence-electron chi connectivity index (χ1n) is 6.53. The van der Waals surface area contributed by atoms with Gasteiger partial charge in [-0.25, -0.2) is 13.1 Å². The number of hydrogen-bond acceptors (Lipinski definition) is 5. The quantitative estimate of drug-likeness (QED) is 0.641. The fourth-order valence-corrected chi connectivity index (χ4v) is 4.20. The molecule has 20 heavy (non-hydrogen) atoms. The smallest absolute Gasteiger partial charge is 0.244 e. The van der Waals surface area contributed by atoms with Crippen LogP contribution in [0.5, 0.6) is 0 Å². The van der Waals surface area contributed by atoms with Gasteiger partial charge in [-0.3, -0.25) is 0 Å². The number of halogens is 1. The van der Waals surface area contributed by atoms with Crippen LogP contribution in [0.25, 0.3) is 0 Å². The highest BCUT2D eigenvalue weighted by molar-refractivity contribution is 9.10. The van der Waals surface area contributed by atoms with Gasteiger partial charge in [0.25, 0.3) is 0 Å². The molecule has 1 fully saturated rings. The molecule has 0 aromatic carbocycles. The average Bonchev–Trinajstić information content (AvgIpc) is 3.15. The summed E-state index contributed by atoms with van der Waals surface area (Å²) < 4.78 is 32.6. The maximum absolute atomic E-state index is 12.2. The summed E-state index contributed by atoms with van der Waals surface area (Å²) in [5, 5.41) is 3.29. The summed E-state index contributed by atoms with van der Waals surface area (Å²) in [7, 11) is -3.50. The topological polar surface area (TPSA) is 71.3 Å². The van der Waals surface area contributed by atoms with Crippen LogP contribution in [-0.4, -0.2) is 33.0 Å². The second-order valence-corrected chi connectivity index (χ2v) is 8.19. The van der Waals surface area contributed by atoms with Crippen LogP contribution in [0.3, 0.4) is 0 Å². The van der Waals surface area contributed by atoms with Crippen molar-refractivity contribution < 1.29 is 12.8 Å². The van der Waals surface area contributed by atoms with Crippen molar-refractivity contribution in [2.24, 2.45) is 0 Å². The molecule has 2 rings (SSSR count). The molecule has 0 bridgehead atoms. The van der Waals surface area contributed by atoms with Gasteiger partial charge in [0, 0.05) is 18.7 Å². The zero-order valence-corrected chi connectivity index (χ0v) is 14.5. The molecule has 1 aliphatic rings. The Hall–Kier alpha value is -0.0200. The monoisotopic (exact) mass is 382 g/mol. The van der Waals surface area contributed by atoms with E-state index in [0.29, 0.717) is 24.9 Å². The van der Waals surface area contributed by atoms with Crippen LogP contribution >= 0.6 is 27.7 Å². The van der Waals surface area contributed by atoms with Gasteiger partial charge in [0.1, 0.15) is 10.7 Å². The Morgan fingerprint density at radius 1 is 1.50 bits per heavy atom. The largest absolute Gasteiger partial charge is 0.452 e. The average molecular weight is 383 g/mol.